The number of aliphatic hydroxyl groups excluding tert-OH is 1. The van der Waals surface area contributed by atoms with E-state index >= 15 is 4.39 Å². The zero-order valence-corrected chi connectivity index (χ0v) is 22.8. The van der Waals surface area contributed by atoms with Crippen molar-refractivity contribution in [3.05, 3.63) is 53.8 Å². The van der Waals surface area contributed by atoms with Crippen LogP contribution >= 0.6 is 0 Å². The highest BCUT2D eigenvalue weighted by molar-refractivity contribution is 5.90. The summed E-state index contributed by atoms with van der Waals surface area (Å²) in [6.07, 6.45) is -1.50. The van der Waals surface area contributed by atoms with Crippen molar-refractivity contribution < 1.29 is 33.4 Å². The van der Waals surface area contributed by atoms with Gasteiger partial charge in [-0.1, -0.05) is 12.1 Å². The lowest BCUT2D eigenvalue weighted by Crippen LogP contribution is -2.49. The quantitative estimate of drug-likeness (QED) is 0.315. The van der Waals surface area contributed by atoms with E-state index in [9.17, 15) is 24.3 Å². The monoisotopic (exact) mass is 570 g/mol. The topological polar surface area (TPSA) is 158 Å². The maximum absolute atomic E-state index is 15.1. The van der Waals surface area contributed by atoms with E-state index in [1.54, 1.807) is 41.3 Å². The third-order valence-corrected chi connectivity index (χ3v) is 7.06. The number of carbonyl (C=O) groups is 4. The predicted molar refractivity (Wildman–Crippen MR) is 150 cm³/mol. The Bertz CT molecular complexity index is 1270. The lowest BCUT2D eigenvalue weighted by Gasteiger charge is -2.36. The van der Waals surface area contributed by atoms with Gasteiger partial charge in [0.2, 0.25) is 17.7 Å². The second-order valence-corrected chi connectivity index (χ2v) is 10.1. The number of hydrogen-bond acceptors (Lipinski definition) is 8. The van der Waals surface area contributed by atoms with Gasteiger partial charge in [-0.05, 0) is 42.3 Å². The van der Waals surface area contributed by atoms with Gasteiger partial charge < -0.3 is 36.0 Å². The molecule has 4 amide bonds. The smallest absolute Gasteiger partial charge is 0.414 e. The highest BCUT2D eigenvalue weighted by Gasteiger charge is 2.33. The number of rotatable bonds is 11. The van der Waals surface area contributed by atoms with Gasteiger partial charge in [0.15, 0.2) is 0 Å². The standard InChI is InChI=1S/C28H35FN6O6/c1-18(36)31-15-22-17-35(28(40)41-22)21-6-7-24(23(29)14-21)33-10-12-34(13-11-33)27(39)9-8-25(37)19-2-4-20(5-3-19)32-16-26(30)38/h2-7,14,22,25,32,37H,8-13,15-17H2,1H3,(H2,30,38)(H,31,36)/t22-,25?/m0/s1. The number of carbonyl (C=O) groups excluding carboxylic acids is 4. The molecule has 2 aromatic rings. The lowest BCUT2D eigenvalue weighted by atomic mass is 10.0. The number of amides is 4. The molecule has 13 heteroatoms. The lowest BCUT2D eigenvalue weighted by molar-refractivity contribution is -0.132. The van der Waals surface area contributed by atoms with Crippen LogP contribution in [-0.2, 0) is 19.1 Å². The van der Waals surface area contributed by atoms with Crippen LogP contribution in [0.4, 0.5) is 26.2 Å². The van der Waals surface area contributed by atoms with Crippen molar-refractivity contribution in [2.75, 3.05) is 60.9 Å². The zero-order chi connectivity index (χ0) is 29.5. The summed E-state index contributed by atoms with van der Waals surface area (Å²) >= 11 is 0. The summed E-state index contributed by atoms with van der Waals surface area (Å²) in [5, 5.41) is 16.0. The van der Waals surface area contributed by atoms with E-state index in [1.165, 1.54) is 17.9 Å². The molecule has 0 radical (unpaired) electrons. The minimum absolute atomic E-state index is 0.0131. The molecule has 0 aliphatic carbocycles. The summed E-state index contributed by atoms with van der Waals surface area (Å²) in [6.45, 7) is 3.49. The molecule has 2 aliphatic heterocycles. The fourth-order valence-electron chi connectivity index (χ4n) is 4.81. The molecule has 0 spiro atoms. The molecule has 2 heterocycles. The summed E-state index contributed by atoms with van der Waals surface area (Å²) < 4.78 is 20.3. The van der Waals surface area contributed by atoms with Gasteiger partial charge in [-0.25, -0.2) is 9.18 Å². The van der Waals surface area contributed by atoms with Crippen LogP contribution in [0.1, 0.15) is 31.4 Å². The summed E-state index contributed by atoms with van der Waals surface area (Å²) in [5.74, 6) is -1.27. The second kappa shape index (κ2) is 13.3. The molecule has 1 unspecified atom stereocenters. The first-order chi connectivity index (χ1) is 19.6. The fourth-order valence-corrected chi connectivity index (χ4v) is 4.81. The minimum atomic E-state index is -0.813. The average Bonchev–Trinajstić information content (AvgIpc) is 3.34. The van der Waals surface area contributed by atoms with Gasteiger partial charge in [0.1, 0.15) is 11.9 Å². The molecule has 12 nitrogen and oxygen atoms in total. The largest absolute Gasteiger partial charge is 0.442 e. The van der Waals surface area contributed by atoms with Crippen molar-refractivity contribution in [2.24, 2.45) is 5.73 Å². The third kappa shape index (κ3) is 7.84. The van der Waals surface area contributed by atoms with Crippen LogP contribution in [0.2, 0.25) is 0 Å². The number of nitrogens with one attached hydrogen (secondary N) is 2. The first kappa shape index (κ1) is 29.6. The summed E-state index contributed by atoms with van der Waals surface area (Å²) in [7, 11) is 0. The van der Waals surface area contributed by atoms with Crippen molar-refractivity contribution in [3.8, 4) is 0 Å². The van der Waals surface area contributed by atoms with Crippen molar-refractivity contribution in [3.63, 3.8) is 0 Å². The molecule has 0 bridgehead atoms. The van der Waals surface area contributed by atoms with Gasteiger partial charge in [0.05, 0.1) is 37.1 Å². The number of anilines is 3. The van der Waals surface area contributed by atoms with E-state index in [-0.39, 0.29) is 44.3 Å². The summed E-state index contributed by atoms with van der Waals surface area (Å²) in [6, 6.07) is 11.5. The number of ether oxygens (including phenoxy) is 1. The van der Waals surface area contributed by atoms with Crippen LogP contribution < -0.4 is 26.2 Å². The number of piperazine rings is 1. The van der Waals surface area contributed by atoms with E-state index in [2.05, 4.69) is 10.6 Å². The minimum Gasteiger partial charge on any atom is -0.442 e. The average molecular weight is 571 g/mol. The Labute approximate surface area is 237 Å². The number of aliphatic hydroxyl groups is 1. The molecule has 0 saturated carbocycles. The number of benzene rings is 2. The Kier molecular flexibility index (Phi) is 9.61. The number of nitrogens with zero attached hydrogens (tertiary/aromatic N) is 3. The van der Waals surface area contributed by atoms with Crippen molar-refractivity contribution in [1.29, 1.82) is 0 Å². The van der Waals surface area contributed by atoms with Gasteiger partial charge in [-0.15, -0.1) is 0 Å². The Balaban J connectivity index is 1.24. The van der Waals surface area contributed by atoms with E-state index < -0.39 is 30.0 Å². The SMILES string of the molecule is CC(=O)NC[C@H]1CN(c2ccc(N3CCN(C(=O)CCC(O)c4ccc(NCC(N)=O)cc4)CC3)c(F)c2)C(=O)O1. The molecule has 2 aliphatic rings. The maximum Gasteiger partial charge on any atom is 0.414 e. The Morgan fingerprint density at radius 1 is 1.12 bits per heavy atom. The molecule has 2 atom stereocenters. The fraction of sp³-hybridized carbons (Fsp3) is 0.429. The van der Waals surface area contributed by atoms with Gasteiger partial charge in [0, 0.05) is 45.2 Å². The van der Waals surface area contributed by atoms with Crippen molar-refractivity contribution >= 4 is 40.9 Å². The van der Waals surface area contributed by atoms with Crippen LogP contribution in [0, 0.1) is 5.82 Å². The molecule has 2 aromatic carbocycles. The molecule has 0 aromatic heterocycles. The molecule has 41 heavy (non-hydrogen) atoms. The summed E-state index contributed by atoms with van der Waals surface area (Å²) in [5.41, 5.74) is 7.23. The maximum atomic E-state index is 15.1. The van der Waals surface area contributed by atoms with Crippen LogP contribution in [0.15, 0.2) is 42.5 Å². The molecule has 4 rings (SSSR count). The number of hydrogen-bond donors (Lipinski definition) is 4. The number of nitrogens with two attached hydrogens (primary N) is 1. The van der Waals surface area contributed by atoms with Gasteiger partial charge in [0.25, 0.3) is 0 Å². The Morgan fingerprint density at radius 2 is 1.83 bits per heavy atom. The molecular weight excluding hydrogens is 535 g/mol. The van der Waals surface area contributed by atoms with Crippen LogP contribution in [0.25, 0.3) is 0 Å². The van der Waals surface area contributed by atoms with Crippen LogP contribution in [-0.4, -0.2) is 85.7 Å². The summed E-state index contributed by atoms with van der Waals surface area (Å²) in [4.78, 5) is 51.9. The molecule has 220 valence electrons. The van der Waals surface area contributed by atoms with Gasteiger partial charge in [-0.3, -0.25) is 19.3 Å². The normalized spacial score (nSPS) is 17.7. The van der Waals surface area contributed by atoms with Gasteiger partial charge >= 0.3 is 6.09 Å². The first-order valence-corrected chi connectivity index (χ1v) is 13.5. The molecule has 5 N–H and O–H groups in total. The van der Waals surface area contributed by atoms with Crippen LogP contribution in [0.3, 0.4) is 0 Å². The highest BCUT2D eigenvalue weighted by Crippen LogP contribution is 2.29. The Morgan fingerprint density at radius 3 is 2.46 bits per heavy atom. The molecular formula is C28H35FN6O6. The van der Waals surface area contributed by atoms with E-state index in [1.807, 2.05) is 4.90 Å². The predicted octanol–water partition coefficient (Wildman–Crippen LogP) is 1.35. The second-order valence-electron chi connectivity index (χ2n) is 10.1. The zero-order valence-electron chi connectivity index (χ0n) is 22.8. The van der Waals surface area contributed by atoms with Crippen molar-refractivity contribution in [2.45, 2.75) is 32.0 Å². The Hall–Kier alpha value is -4.39. The third-order valence-electron chi connectivity index (χ3n) is 7.06. The van der Waals surface area contributed by atoms with Crippen molar-refractivity contribution in [1.82, 2.24) is 10.2 Å². The van der Waals surface area contributed by atoms with E-state index in [4.69, 9.17) is 10.5 Å². The molecule has 2 saturated heterocycles. The van der Waals surface area contributed by atoms with E-state index in [0.29, 0.717) is 48.8 Å². The van der Waals surface area contributed by atoms with Gasteiger partial charge in [-0.2, -0.15) is 0 Å². The first-order valence-electron chi connectivity index (χ1n) is 13.5. The highest BCUT2D eigenvalue weighted by atomic mass is 19.1. The number of cyclic esters (lactones) is 1. The number of halogens is 1. The molecule has 2 fully saturated rings. The van der Waals surface area contributed by atoms with E-state index in [0.717, 1.165) is 0 Å². The number of primary amides is 1. The van der Waals surface area contributed by atoms with Crippen LogP contribution in [0.5, 0.6) is 0 Å².